The first-order valence-electron chi connectivity index (χ1n) is 5.26. The highest BCUT2D eigenvalue weighted by molar-refractivity contribution is 5.17. The average molecular weight is 181 g/mol. The number of piperidine rings is 1. The van der Waals surface area contributed by atoms with Crippen molar-refractivity contribution in [3.05, 3.63) is 11.6 Å². The van der Waals surface area contributed by atoms with Crippen LogP contribution in [0.1, 0.15) is 26.2 Å². The zero-order valence-corrected chi connectivity index (χ0v) is 8.53. The number of nitrogens with zero attached hydrogens (tertiary/aromatic N) is 1. The van der Waals surface area contributed by atoms with Crippen molar-refractivity contribution in [1.29, 1.82) is 0 Å². The van der Waals surface area contributed by atoms with Gasteiger partial charge in [0.1, 0.15) is 0 Å². The van der Waals surface area contributed by atoms with Crippen LogP contribution in [0.5, 0.6) is 0 Å². The Hall–Kier alpha value is -0.340. The molecule has 1 N–H and O–H groups in total. The van der Waals surface area contributed by atoms with E-state index in [0.29, 0.717) is 5.92 Å². The maximum atomic E-state index is 9.62. The second-order valence-electron chi connectivity index (χ2n) is 4.48. The molecule has 2 heteroatoms. The molecule has 2 aliphatic heterocycles. The molecule has 74 valence electrons. The third-order valence-corrected chi connectivity index (χ3v) is 3.56. The SMILES string of the molecule is CC(O)C1=CC[C@H]2CC[C@@H]1CN2C. The largest absolute Gasteiger partial charge is 0.389 e. The first kappa shape index (κ1) is 9.22. The van der Waals surface area contributed by atoms with E-state index in [4.69, 9.17) is 0 Å². The van der Waals surface area contributed by atoms with Gasteiger partial charge in [0.05, 0.1) is 6.10 Å². The van der Waals surface area contributed by atoms with Gasteiger partial charge in [-0.05, 0) is 44.7 Å². The minimum Gasteiger partial charge on any atom is -0.389 e. The standard InChI is InChI=1S/C11H19NO/c1-8(13)11-6-5-10-4-3-9(11)7-12(10)2/h6,8-10,13H,3-5,7H2,1-2H3/t8?,9-,10-/m1/s1. The molecule has 13 heavy (non-hydrogen) atoms. The molecule has 3 atom stereocenters. The molecular weight excluding hydrogens is 162 g/mol. The summed E-state index contributed by atoms with van der Waals surface area (Å²) in [5, 5.41) is 9.62. The zero-order chi connectivity index (χ0) is 9.42. The lowest BCUT2D eigenvalue weighted by Crippen LogP contribution is -2.39. The summed E-state index contributed by atoms with van der Waals surface area (Å²) in [6.45, 7) is 3.03. The number of rotatable bonds is 1. The predicted octanol–water partition coefficient (Wildman–Crippen LogP) is 1.41. The highest BCUT2D eigenvalue weighted by atomic mass is 16.3. The van der Waals surface area contributed by atoms with Crippen molar-refractivity contribution in [1.82, 2.24) is 4.90 Å². The second kappa shape index (κ2) is 3.43. The molecule has 2 bridgehead atoms. The molecule has 1 fully saturated rings. The van der Waals surface area contributed by atoms with Gasteiger partial charge in [-0.1, -0.05) is 6.08 Å². The number of aliphatic hydroxyl groups is 1. The fourth-order valence-corrected chi connectivity index (χ4v) is 2.72. The van der Waals surface area contributed by atoms with Crippen LogP contribution in [0.4, 0.5) is 0 Å². The van der Waals surface area contributed by atoms with Crippen molar-refractivity contribution in [3.8, 4) is 0 Å². The molecule has 0 spiro atoms. The number of hydrogen-bond donors (Lipinski definition) is 1. The monoisotopic (exact) mass is 181 g/mol. The van der Waals surface area contributed by atoms with E-state index in [1.54, 1.807) is 0 Å². The van der Waals surface area contributed by atoms with E-state index in [2.05, 4.69) is 18.0 Å². The topological polar surface area (TPSA) is 23.5 Å². The third-order valence-electron chi connectivity index (χ3n) is 3.56. The zero-order valence-electron chi connectivity index (χ0n) is 8.53. The van der Waals surface area contributed by atoms with E-state index in [1.807, 2.05) is 6.92 Å². The van der Waals surface area contributed by atoms with E-state index in [-0.39, 0.29) is 6.10 Å². The summed E-state index contributed by atoms with van der Waals surface area (Å²) in [6, 6.07) is 0.729. The van der Waals surface area contributed by atoms with Gasteiger partial charge in [-0.2, -0.15) is 0 Å². The smallest absolute Gasteiger partial charge is 0.0725 e. The van der Waals surface area contributed by atoms with Crippen molar-refractivity contribution in [2.24, 2.45) is 5.92 Å². The Morgan fingerprint density at radius 3 is 2.92 bits per heavy atom. The van der Waals surface area contributed by atoms with Crippen LogP contribution in [-0.4, -0.2) is 35.7 Å². The molecule has 0 radical (unpaired) electrons. The van der Waals surface area contributed by atoms with Gasteiger partial charge in [0, 0.05) is 12.6 Å². The van der Waals surface area contributed by atoms with E-state index in [1.165, 1.54) is 18.4 Å². The second-order valence-corrected chi connectivity index (χ2v) is 4.48. The van der Waals surface area contributed by atoms with Crippen LogP contribution < -0.4 is 0 Å². The maximum absolute atomic E-state index is 9.62. The lowest BCUT2D eigenvalue weighted by Gasteiger charge is -2.35. The van der Waals surface area contributed by atoms with Crippen LogP contribution in [0.3, 0.4) is 0 Å². The van der Waals surface area contributed by atoms with Crippen molar-refractivity contribution < 1.29 is 5.11 Å². The normalized spacial score (nSPS) is 37.0. The number of hydrogen-bond acceptors (Lipinski definition) is 2. The molecule has 2 heterocycles. The van der Waals surface area contributed by atoms with Crippen molar-refractivity contribution in [3.63, 3.8) is 0 Å². The van der Waals surface area contributed by atoms with E-state index >= 15 is 0 Å². The molecule has 1 aliphatic carbocycles. The molecule has 1 unspecified atom stereocenters. The lowest BCUT2D eigenvalue weighted by molar-refractivity contribution is 0.146. The first-order valence-corrected chi connectivity index (χ1v) is 5.26. The highest BCUT2D eigenvalue weighted by Gasteiger charge is 2.31. The van der Waals surface area contributed by atoms with Gasteiger partial charge in [0.15, 0.2) is 0 Å². The molecule has 3 aliphatic rings. The molecular formula is C11H19NO. The summed E-state index contributed by atoms with van der Waals surface area (Å²) in [5.74, 6) is 0.615. The van der Waals surface area contributed by atoms with Gasteiger partial charge in [0.25, 0.3) is 0 Å². The Balaban J connectivity index is 2.19. The molecule has 0 aromatic heterocycles. The minimum atomic E-state index is -0.241. The maximum Gasteiger partial charge on any atom is 0.0725 e. The summed E-state index contributed by atoms with van der Waals surface area (Å²) >= 11 is 0. The van der Waals surface area contributed by atoms with Gasteiger partial charge in [-0.25, -0.2) is 0 Å². The van der Waals surface area contributed by atoms with Crippen molar-refractivity contribution in [2.45, 2.75) is 38.3 Å². The molecule has 3 rings (SSSR count). The van der Waals surface area contributed by atoms with Crippen LogP contribution in [0, 0.1) is 5.92 Å². The van der Waals surface area contributed by atoms with Crippen LogP contribution in [-0.2, 0) is 0 Å². The van der Waals surface area contributed by atoms with E-state index < -0.39 is 0 Å². The summed E-state index contributed by atoms with van der Waals surface area (Å²) in [5.41, 5.74) is 1.28. The fraction of sp³-hybridized carbons (Fsp3) is 0.818. The minimum absolute atomic E-state index is 0.241. The fourth-order valence-electron chi connectivity index (χ4n) is 2.72. The summed E-state index contributed by atoms with van der Waals surface area (Å²) < 4.78 is 0. The highest BCUT2D eigenvalue weighted by Crippen LogP contribution is 2.33. The Morgan fingerprint density at radius 1 is 1.54 bits per heavy atom. The van der Waals surface area contributed by atoms with Gasteiger partial charge in [0.2, 0.25) is 0 Å². The van der Waals surface area contributed by atoms with Gasteiger partial charge >= 0.3 is 0 Å². The van der Waals surface area contributed by atoms with Crippen LogP contribution in [0.15, 0.2) is 11.6 Å². The first-order chi connectivity index (χ1) is 6.18. The Kier molecular flexibility index (Phi) is 2.43. The van der Waals surface area contributed by atoms with Crippen LogP contribution in [0.25, 0.3) is 0 Å². The van der Waals surface area contributed by atoms with Crippen LogP contribution >= 0.6 is 0 Å². The number of fused-ring (bicyclic) bond motifs is 3. The predicted molar refractivity (Wildman–Crippen MR) is 53.5 cm³/mol. The molecule has 2 nitrogen and oxygen atoms in total. The molecule has 0 aromatic rings. The van der Waals surface area contributed by atoms with E-state index in [9.17, 15) is 5.11 Å². The van der Waals surface area contributed by atoms with Gasteiger partial charge in [-0.15, -0.1) is 0 Å². The Bertz CT molecular complexity index is 222. The number of aliphatic hydroxyl groups excluding tert-OH is 1. The Morgan fingerprint density at radius 2 is 2.31 bits per heavy atom. The third kappa shape index (κ3) is 1.65. The van der Waals surface area contributed by atoms with Crippen molar-refractivity contribution >= 4 is 0 Å². The van der Waals surface area contributed by atoms with Gasteiger partial charge in [-0.3, -0.25) is 0 Å². The summed E-state index contributed by atoms with van der Waals surface area (Å²) in [6.07, 6.45) is 5.74. The summed E-state index contributed by atoms with van der Waals surface area (Å²) in [7, 11) is 2.20. The Labute approximate surface area is 80.2 Å². The average Bonchev–Trinajstić information content (AvgIpc) is 2.34. The molecule has 0 aromatic carbocycles. The van der Waals surface area contributed by atoms with Crippen LogP contribution in [0.2, 0.25) is 0 Å². The lowest BCUT2D eigenvalue weighted by atomic mass is 9.89. The molecule has 1 saturated heterocycles. The van der Waals surface area contributed by atoms with E-state index in [0.717, 1.165) is 19.0 Å². The molecule has 0 saturated carbocycles. The quantitative estimate of drug-likeness (QED) is 0.618. The molecule has 0 amide bonds. The summed E-state index contributed by atoms with van der Waals surface area (Å²) in [4.78, 5) is 2.44. The van der Waals surface area contributed by atoms with Crippen molar-refractivity contribution in [2.75, 3.05) is 13.6 Å². The van der Waals surface area contributed by atoms with Gasteiger partial charge < -0.3 is 10.0 Å².